The smallest absolute Gasteiger partial charge is 0.315 e. The lowest BCUT2D eigenvalue weighted by atomic mass is 10.2. The summed E-state index contributed by atoms with van der Waals surface area (Å²) in [5, 5.41) is -0.0697. The van der Waals surface area contributed by atoms with E-state index in [2.05, 4.69) is 15.2 Å². The molecule has 0 radical (unpaired) electrons. The fourth-order valence-electron chi connectivity index (χ4n) is 1.75. The first-order valence-electron chi connectivity index (χ1n) is 6.92. The van der Waals surface area contributed by atoms with Crippen LogP contribution < -0.4 is 11.2 Å². The molecule has 1 atom stereocenters. The van der Waals surface area contributed by atoms with Gasteiger partial charge in [-0.15, -0.1) is 23.4 Å². The number of nitrogen functional groups attached to an aromatic ring is 1. The fourth-order valence-corrected chi connectivity index (χ4v) is 2.69. The average Bonchev–Trinajstić information content (AvgIpc) is 2.56. The van der Waals surface area contributed by atoms with Crippen LogP contribution in [0.2, 0.25) is 0 Å². The van der Waals surface area contributed by atoms with Crippen LogP contribution in [-0.2, 0) is 21.0 Å². The maximum atomic E-state index is 11.2. The van der Waals surface area contributed by atoms with E-state index in [1.807, 2.05) is 18.2 Å². The minimum Gasteiger partial charge on any atom is -0.468 e. The first kappa shape index (κ1) is 17.7. The zero-order valence-electron chi connectivity index (χ0n) is 12.6. The highest BCUT2D eigenvalue weighted by Crippen LogP contribution is 2.23. The number of thioether (sulfide) groups is 1. The number of ether oxygens (including phenoxy) is 1. The number of hydrogen-bond acceptors (Lipinski definition) is 7. The van der Waals surface area contributed by atoms with E-state index < -0.39 is 0 Å². The lowest BCUT2D eigenvalue weighted by Crippen LogP contribution is -2.17. The van der Waals surface area contributed by atoms with Gasteiger partial charge in [-0.1, -0.05) is 0 Å². The number of nitrogens with zero attached hydrogens (tertiary/aromatic N) is 1. The molecule has 0 spiro atoms. The summed E-state index contributed by atoms with van der Waals surface area (Å²) in [4.78, 5) is 21.6. The van der Waals surface area contributed by atoms with Gasteiger partial charge in [0.05, 0.1) is 18.2 Å². The number of hydrogen-bond donors (Lipinski definition) is 2. The van der Waals surface area contributed by atoms with E-state index in [0.29, 0.717) is 17.9 Å². The lowest BCUT2D eigenvalue weighted by molar-refractivity contribution is -0.137. The second-order valence-corrected chi connectivity index (χ2v) is 6.34. The Morgan fingerprint density at radius 2 is 2.39 bits per heavy atom. The third-order valence-electron chi connectivity index (χ3n) is 3.01. The number of aliphatic imine (C=N–C) groups is 1. The van der Waals surface area contributed by atoms with Crippen molar-refractivity contribution in [3.05, 3.63) is 35.7 Å². The summed E-state index contributed by atoms with van der Waals surface area (Å²) in [5.41, 5.74) is 10.1. The van der Waals surface area contributed by atoms with E-state index in [1.165, 1.54) is 18.9 Å². The molecule has 0 aliphatic carbocycles. The summed E-state index contributed by atoms with van der Waals surface area (Å²) < 4.78 is 4.62. The molecule has 0 bridgehead atoms. The van der Waals surface area contributed by atoms with Crippen LogP contribution in [-0.4, -0.2) is 30.4 Å². The van der Waals surface area contributed by atoms with Crippen LogP contribution in [0.5, 0.6) is 0 Å². The molecule has 124 valence electrons. The van der Waals surface area contributed by atoms with Crippen molar-refractivity contribution in [3.8, 4) is 0 Å². The van der Waals surface area contributed by atoms with Gasteiger partial charge < -0.3 is 10.5 Å². The van der Waals surface area contributed by atoms with Crippen LogP contribution in [0.3, 0.4) is 0 Å². The van der Waals surface area contributed by atoms with Crippen molar-refractivity contribution in [3.63, 3.8) is 0 Å². The van der Waals surface area contributed by atoms with Gasteiger partial charge >= 0.3 is 5.97 Å². The number of alkyl halides is 1. The zero-order valence-corrected chi connectivity index (χ0v) is 14.2. The molecule has 0 aromatic heterocycles. The first-order chi connectivity index (χ1) is 11.1. The van der Waals surface area contributed by atoms with Crippen molar-refractivity contribution in [2.75, 3.05) is 18.6 Å². The van der Waals surface area contributed by atoms with Crippen molar-refractivity contribution in [1.82, 2.24) is 5.48 Å². The van der Waals surface area contributed by atoms with Gasteiger partial charge in [0.1, 0.15) is 12.4 Å². The summed E-state index contributed by atoms with van der Waals surface area (Å²) in [6.45, 7) is 0.273. The predicted octanol–water partition coefficient (Wildman–Crippen LogP) is 2.48. The number of benzene rings is 1. The van der Waals surface area contributed by atoms with Gasteiger partial charge in [0.2, 0.25) is 0 Å². The summed E-state index contributed by atoms with van der Waals surface area (Å²) in [7, 11) is 1.37. The summed E-state index contributed by atoms with van der Waals surface area (Å²) in [5.74, 6) is 0.600. The first-order valence-corrected chi connectivity index (χ1v) is 8.35. The van der Waals surface area contributed by atoms with E-state index >= 15 is 0 Å². The minimum absolute atomic E-state index is 0.0697. The van der Waals surface area contributed by atoms with E-state index in [1.54, 1.807) is 12.3 Å². The Morgan fingerprint density at radius 3 is 3.09 bits per heavy atom. The third-order valence-corrected chi connectivity index (χ3v) is 4.27. The molecular formula is C15H18ClN3O3S. The lowest BCUT2D eigenvalue weighted by Gasteiger charge is -2.13. The standard InChI is InChI=1S/C15H18ClN3O3S/c1-21-15(20)9-23-12-3-4-13(17)10(6-12)8-22-19-14-5-2-11(16)7-18-14/h3-7,11,19H,2,8-9,17H2,1H3. The molecule has 1 aromatic rings. The molecule has 3 N–H and O–H groups in total. The maximum Gasteiger partial charge on any atom is 0.315 e. The Hall–Kier alpha value is -1.70. The van der Waals surface area contributed by atoms with Crippen LogP contribution in [0.25, 0.3) is 0 Å². The van der Waals surface area contributed by atoms with Crippen molar-refractivity contribution in [2.45, 2.75) is 23.3 Å². The molecule has 1 aliphatic heterocycles. The van der Waals surface area contributed by atoms with Gasteiger partial charge in [-0.3, -0.25) is 9.63 Å². The Bertz CT molecular complexity index is 622. The number of carbonyl (C=O) groups is 1. The van der Waals surface area contributed by atoms with Crippen LogP contribution >= 0.6 is 23.4 Å². The normalized spacial score (nSPS) is 16.8. The van der Waals surface area contributed by atoms with Crippen LogP contribution in [0, 0.1) is 0 Å². The monoisotopic (exact) mass is 355 g/mol. The number of nitrogens with two attached hydrogens (primary N) is 1. The van der Waals surface area contributed by atoms with Gasteiger partial charge in [0.15, 0.2) is 0 Å². The number of halogens is 1. The second-order valence-electron chi connectivity index (χ2n) is 4.74. The van der Waals surface area contributed by atoms with E-state index in [0.717, 1.165) is 10.5 Å². The number of hydroxylamine groups is 1. The van der Waals surface area contributed by atoms with Gasteiger partial charge in [-0.2, -0.15) is 0 Å². The molecule has 1 aliphatic rings. The average molecular weight is 356 g/mol. The summed E-state index contributed by atoms with van der Waals surface area (Å²) >= 11 is 7.28. The molecular weight excluding hydrogens is 338 g/mol. The Labute approximate surface area is 144 Å². The predicted molar refractivity (Wildman–Crippen MR) is 92.4 cm³/mol. The highest BCUT2D eigenvalue weighted by molar-refractivity contribution is 8.00. The molecule has 0 amide bonds. The molecule has 1 aromatic carbocycles. The van der Waals surface area contributed by atoms with E-state index in [-0.39, 0.29) is 23.7 Å². The van der Waals surface area contributed by atoms with Crippen LogP contribution in [0.1, 0.15) is 12.0 Å². The highest BCUT2D eigenvalue weighted by Gasteiger charge is 2.08. The number of carbonyl (C=O) groups excluding carboxylic acids is 1. The van der Waals surface area contributed by atoms with Crippen molar-refractivity contribution in [2.24, 2.45) is 4.99 Å². The quantitative estimate of drug-likeness (QED) is 0.257. The largest absolute Gasteiger partial charge is 0.468 e. The molecule has 0 saturated heterocycles. The topological polar surface area (TPSA) is 85.9 Å². The number of anilines is 1. The Morgan fingerprint density at radius 1 is 1.57 bits per heavy atom. The summed E-state index contributed by atoms with van der Waals surface area (Å²) in [6.07, 6.45) is 4.23. The molecule has 1 heterocycles. The fraction of sp³-hybridized carbons (Fsp3) is 0.333. The van der Waals surface area contributed by atoms with Crippen LogP contribution in [0.4, 0.5) is 5.69 Å². The molecule has 8 heteroatoms. The molecule has 0 fully saturated rings. The van der Waals surface area contributed by atoms with E-state index in [4.69, 9.17) is 22.2 Å². The van der Waals surface area contributed by atoms with Gasteiger partial charge in [-0.05, 0) is 30.7 Å². The third kappa shape index (κ3) is 5.78. The zero-order chi connectivity index (χ0) is 16.7. The molecule has 6 nitrogen and oxygen atoms in total. The maximum absolute atomic E-state index is 11.2. The molecule has 0 saturated carbocycles. The second kappa shape index (κ2) is 8.81. The number of allylic oxidation sites excluding steroid dienone is 1. The molecule has 1 unspecified atom stereocenters. The van der Waals surface area contributed by atoms with Gasteiger partial charge in [0.25, 0.3) is 0 Å². The van der Waals surface area contributed by atoms with Crippen LogP contribution in [0.15, 0.2) is 40.0 Å². The number of esters is 1. The number of nitrogens with one attached hydrogen (secondary N) is 1. The highest BCUT2D eigenvalue weighted by atomic mass is 35.5. The SMILES string of the molecule is COC(=O)CSc1ccc(N)c(CONC2=CCC(Cl)C=N2)c1. The van der Waals surface area contributed by atoms with Crippen molar-refractivity contribution < 1.29 is 14.4 Å². The number of methoxy groups -OCH3 is 1. The minimum atomic E-state index is -0.272. The molecule has 2 rings (SSSR count). The van der Waals surface area contributed by atoms with E-state index in [9.17, 15) is 4.79 Å². The Kier molecular flexibility index (Phi) is 6.76. The molecule has 23 heavy (non-hydrogen) atoms. The number of rotatable bonds is 7. The van der Waals surface area contributed by atoms with Crippen molar-refractivity contribution >= 4 is 41.2 Å². The van der Waals surface area contributed by atoms with Gasteiger partial charge in [0, 0.05) is 22.4 Å². The van der Waals surface area contributed by atoms with Gasteiger partial charge in [-0.25, -0.2) is 10.5 Å². The summed E-state index contributed by atoms with van der Waals surface area (Å²) in [6, 6.07) is 5.53. The van der Waals surface area contributed by atoms with Crippen molar-refractivity contribution in [1.29, 1.82) is 0 Å². The Balaban J connectivity index is 1.86.